The van der Waals surface area contributed by atoms with E-state index >= 15 is 0 Å². The minimum Gasteiger partial charge on any atom is -0.354 e. The molecule has 0 aromatic heterocycles. The molecule has 0 heterocycles. The van der Waals surface area contributed by atoms with Crippen LogP contribution in [0.15, 0.2) is 29.2 Å². The van der Waals surface area contributed by atoms with E-state index in [-0.39, 0.29) is 18.4 Å². The van der Waals surface area contributed by atoms with Gasteiger partial charge in [0.1, 0.15) is 0 Å². The molecule has 8 heteroatoms. The van der Waals surface area contributed by atoms with Gasteiger partial charge in [-0.05, 0) is 36.5 Å². The molecule has 0 saturated heterocycles. The molecule has 1 aliphatic rings. The van der Waals surface area contributed by atoms with E-state index in [9.17, 15) is 22.0 Å². The summed E-state index contributed by atoms with van der Waals surface area (Å²) in [6, 6.07) is 4.84. The third-order valence-electron chi connectivity index (χ3n) is 3.61. The molecule has 1 atom stereocenters. The van der Waals surface area contributed by atoms with Crippen LogP contribution in [0.3, 0.4) is 0 Å². The molecule has 1 saturated carbocycles. The highest BCUT2D eigenvalue weighted by molar-refractivity contribution is 7.91. The number of carbonyl (C=O) groups excluding carboxylic acids is 1. The zero-order valence-electron chi connectivity index (χ0n) is 11.8. The van der Waals surface area contributed by atoms with Gasteiger partial charge in [-0.15, -0.1) is 0 Å². The van der Waals surface area contributed by atoms with E-state index in [1.807, 2.05) is 0 Å². The SMILES string of the molecule is NC(CNC(=O)Cc1ccc(S(=O)(=O)C(F)F)cc1)C1CC1. The fourth-order valence-electron chi connectivity index (χ4n) is 2.07. The van der Waals surface area contributed by atoms with Crippen molar-refractivity contribution in [1.82, 2.24) is 5.32 Å². The lowest BCUT2D eigenvalue weighted by Crippen LogP contribution is -2.39. The average molecular weight is 332 g/mol. The van der Waals surface area contributed by atoms with E-state index in [1.54, 1.807) is 0 Å². The van der Waals surface area contributed by atoms with Crippen LogP contribution < -0.4 is 11.1 Å². The molecule has 0 radical (unpaired) electrons. The van der Waals surface area contributed by atoms with E-state index in [0.29, 0.717) is 18.0 Å². The summed E-state index contributed by atoms with van der Waals surface area (Å²) in [5, 5.41) is 2.71. The normalized spacial score (nSPS) is 16.5. The number of sulfone groups is 1. The van der Waals surface area contributed by atoms with Gasteiger partial charge in [0.25, 0.3) is 0 Å². The summed E-state index contributed by atoms with van der Waals surface area (Å²) in [6.07, 6.45) is 2.24. The van der Waals surface area contributed by atoms with E-state index in [1.165, 1.54) is 12.1 Å². The molecule has 1 aliphatic carbocycles. The van der Waals surface area contributed by atoms with Crippen LogP contribution in [0.1, 0.15) is 18.4 Å². The van der Waals surface area contributed by atoms with Gasteiger partial charge in [0.2, 0.25) is 15.7 Å². The third kappa shape index (κ3) is 4.23. The van der Waals surface area contributed by atoms with Crippen molar-refractivity contribution in [2.45, 2.75) is 36.0 Å². The fraction of sp³-hybridized carbons (Fsp3) is 0.500. The van der Waals surface area contributed by atoms with Crippen LogP contribution in [0.25, 0.3) is 0 Å². The minimum absolute atomic E-state index is 0.0393. The fourth-order valence-corrected chi connectivity index (χ4v) is 2.79. The summed E-state index contributed by atoms with van der Waals surface area (Å²) >= 11 is 0. The number of carbonyl (C=O) groups is 1. The van der Waals surface area contributed by atoms with Crippen molar-refractivity contribution in [1.29, 1.82) is 0 Å². The van der Waals surface area contributed by atoms with Crippen LogP contribution in [0.4, 0.5) is 8.78 Å². The molecule has 1 unspecified atom stereocenters. The van der Waals surface area contributed by atoms with Crippen LogP contribution >= 0.6 is 0 Å². The Morgan fingerprint density at radius 3 is 2.36 bits per heavy atom. The first-order chi connectivity index (χ1) is 10.3. The van der Waals surface area contributed by atoms with Crippen molar-refractivity contribution in [3.63, 3.8) is 0 Å². The van der Waals surface area contributed by atoms with Crippen LogP contribution in [0.5, 0.6) is 0 Å². The molecule has 0 aliphatic heterocycles. The van der Waals surface area contributed by atoms with E-state index in [2.05, 4.69) is 5.32 Å². The number of alkyl halides is 2. The average Bonchev–Trinajstić information content (AvgIpc) is 3.30. The minimum atomic E-state index is -4.60. The lowest BCUT2D eigenvalue weighted by molar-refractivity contribution is -0.120. The molecule has 1 aromatic carbocycles. The van der Waals surface area contributed by atoms with Gasteiger partial charge in [-0.2, -0.15) is 8.78 Å². The molecule has 3 N–H and O–H groups in total. The number of nitrogens with two attached hydrogens (primary N) is 1. The lowest BCUT2D eigenvalue weighted by atomic mass is 10.1. The number of amides is 1. The van der Waals surface area contributed by atoms with E-state index < -0.39 is 20.5 Å². The highest BCUT2D eigenvalue weighted by Crippen LogP contribution is 2.31. The van der Waals surface area contributed by atoms with Crippen molar-refractivity contribution in [3.05, 3.63) is 29.8 Å². The molecule has 0 bridgehead atoms. The van der Waals surface area contributed by atoms with Crippen molar-refractivity contribution in [3.8, 4) is 0 Å². The summed E-state index contributed by atoms with van der Waals surface area (Å²) < 4.78 is 47.3. The van der Waals surface area contributed by atoms with Crippen molar-refractivity contribution < 1.29 is 22.0 Å². The third-order valence-corrected chi connectivity index (χ3v) is 5.01. The number of nitrogens with one attached hydrogen (secondary N) is 1. The molecular formula is C14H18F2N2O3S. The van der Waals surface area contributed by atoms with Gasteiger partial charge in [-0.1, -0.05) is 12.1 Å². The van der Waals surface area contributed by atoms with Crippen LogP contribution in [0.2, 0.25) is 0 Å². The van der Waals surface area contributed by atoms with Crippen LogP contribution in [-0.2, 0) is 21.1 Å². The van der Waals surface area contributed by atoms with E-state index in [0.717, 1.165) is 25.0 Å². The summed E-state index contributed by atoms with van der Waals surface area (Å²) in [5.74, 6) is -3.20. The molecule has 1 amide bonds. The highest BCUT2D eigenvalue weighted by atomic mass is 32.2. The Hall–Kier alpha value is -1.54. The van der Waals surface area contributed by atoms with Crippen LogP contribution in [-0.4, -0.2) is 32.7 Å². The second-order valence-electron chi connectivity index (χ2n) is 5.43. The zero-order chi connectivity index (χ0) is 16.3. The molecule has 1 aromatic rings. The predicted octanol–water partition coefficient (Wildman–Crippen LogP) is 1.08. The standard InChI is InChI=1S/C14H18F2N2O3S/c15-14(16)22(20,21)11-5-1-9(2-6-11)7-13(19)18-8-12(17)10-3-4-10/h1-2,5-6,10,12,14H,3-4,7-8,17H2,(H,18,19). The van der Waals surface area contributed by atoms with Gasteiger partial charge < -0.3 is 11.1 Å². The Balaban J connectivity index is 1.89. The molecule has 2 rings (SSSR count). The molecule has 122 valence electrons. The maximum absolute atomic E-state index is 12.4. The second-order valence-corrected chi connectivity index (χ2v) is 7.35. The number of hydrogen-bond donors (Lipinski definition) is 2. The molecule has 5 nitrogen and oxygen atoms in total. The van der Waals surface area contributed by atoms with Crippen LogP contribution in [0, 0.1) is 5.92 Å². The van der Waals surface area contributed by atoms with Crippen molar-refractivity contribution >= 4 is 15.7 Å². The quantitative estimate of drug-likeness (QED) is 0.782. The summed E-state index contributed by atoms with van der Waals surface area (Å²) in [6.45, 7) is 0.404. The van der Waals surface area contributed by atoms with Gasteiger partial charge in [-0.3, -0.25) is 4.79 Å². The van der Waals surface area contributed by atoms with Gasteiger partial charge in [0, 0.05) is 12.6 Å². The number of halogens is 2. The molecule has 1 fully saturated rings. The smallest absolute Gasteiger partial charge is 0.341 e. The second kappa shape index (κ2) is 6.70. The summed E-state index contributed by atoms with van der Waals surface area (Å²) in [4.78, 5) is 11.3. The maximum Gasteiger partial charge on any atom is 0.341 e. The zero-order valence-corrected chi connectivity index (χ0v) is 12.7. The van der Waals surface area contributed by atoms with Gasteiger partial charge in [-0.25, -0.2) is 8.42 Å². The molecule has 22 heavy (non-hydrogen) atoms. The number of hydrogen-bond acceptors (Lipinski definition) is 4. The topological polar surface area (TPSA) is 89.3 Å². The van der Waals surface area contributed by atoms with Crippen molar-refractivity contribution in [2.24, 2.45) is 11.7 Å². The van der Waals surface area contributed by atoms with Gasteiger partial charge in [0.15, 0.2) is 0 Å². The lowest BCUT2D eigenvalue weighted by Gasteiger charge is -2.11. The predicted molar refractivity (Wildman–Crippen MR) is 77.0 cm³/mol. The Labute approximate surface area is 127 Å². The molecule has 0 spiro atoms. The first-order valence-corrected chi connectivity index (χ1v) is 8.48. The Morgan fingerprint density at radius 1 is 1.27 bits per heavy atom. The highest BCUT2D eigenvalue weighted by Gasteiger charge is 2.28. The Morgan fingerprint density at radius 2 is 1.86 bits per heavy atom. The summed E-state index contributed by atoms with van der Waals surface area (Å²) in [5.41, 5.74) is 6.41. The van der Waals surface area contributed by atoms with Gasteiger partial charge in [0.05, 0.1) is 11.3 Å². The first-order valence-electron chi connectivity index (χ1n) is 6.94. The number of benzene rings is 1. The first kappa shape index (κ1) is 16.8. The summed E-state index contributed by atoms with van der Waals surface area (Å²) in [7, 11) is -4.60. The van der Waals surface area contributed by atoms with Crippen molar-refractivity contribution in [2.75, 3.05) is 6.54 Å². The Bertz CT molecular complexity index is 628. The largest absolute Gasteiger partial charge is 0.354 e. The Kier molecular flexibility index (Phi) is 5.12. The van der Waals surface area contributed by atoms with Gasteiger partial charge >= 0.3 is 5.76 Å². The van der Waals surface area contributed by atoms with E-state index in [4.69, 9.17) is 5.73 Å². The maximum atomic E-state index is 12.4. The molecular weight excluding hydrogens is 314 g/mol. The number of rotatable bonds is 7. The monoisotopic (exact) mass is 332 g/mol.